The van der Waals surface area contributed by atoms with Crippen molar-refractivity contribution in [2.75, 3.05) is 5.32 Å². The third kappa shape index (κ3) is 1.36. The number of hydrogen-bond donors (Lipinski definition) is 2. The average Bonchev–Trinajstić information content (AvgIpc) is 2.58. The summed E-state index contributed by atoms with van der Waals surface area (Å²) >= 11 is 0. The number of aldehydes is 1. The fourth-order valence-electron chi connectivity index (χ4n) is 1.27. The van der Waals surface area contributed by atoms with Crippen LogP contribution in [-0.2, 0) is 11.4 Å². The maximum absolute atomic E-state index is 10.4. The highest BCUT2D eigenvalue weighted by Gasteiger charge is 2.20. The second-order valence-electron chi connectivity index (χ2n) is 2.81. The van der Waals surface area contributed by atoms with E-state index in [9.17, 15) is 4.79 Å². The van der Waals surface area contributed by atoms with E-state index in [0.29, 0.717) is 12.0 Å². The lowest BCUT2D eigenvalue weighted by Crippen LogP contribution is -2.20. The smallest absolute Gasteiger partial charge is 0.226 e. The molecule has 0 radical (unpaired) electrons. The van der Waals surface area contributed by atoms with Crippen molar-refractivity contribution in [1.29, 1.82) is 0 Å². The largest absolute Gasteiger partial charge is 0.461 e. The predicted molar refractivity (Wildman–Crippen MR) is 46.5 cm³/mol. The van der Waals surface area contributed by atoms with E-state index in [-0.39, 0.29) is 6.61 Å². The Morgan fingerprint density at radius 3 is 3.15 bits per heavy atom. The Hall–Kier alpha value is -1.55. The summed E-state index contributed by atoms with van der Waals surface area (Å²) in [6, 6.07) is 5.25. The number of carbonyl (C=O) groups is 1. The molecule has 1 heterocycles. The summed E-state index contributed by atoms with van der Waals surface area (Å²) in [5.41, 5.74) is 1.55. The molecule has 0 amide bonds. The molecule has 1 aromatic rings. The molecule has 0 aromatic heterocycles. The van der Waals surface area contributed by atoms with E-state index in [1.807, 2.05) is 0 Å². The number of hydrogen-bond acceptors (Lipinski definition) is 4. The monoisotopic (exact) mass is 179 g/mol. The van der Waals surface area contributed by atoms with E-state index in [1.165, 1.54) is 0 Å². The minimum absolute atomic E-state index is 0.0132. The first-order valence-electron chi connectivity index (χ1n) is 3.96. The molecule has 4 nitrogen and oxygen atoms in total. The molecule has 4 heteroatoms. The van der Waals surface area contributed by atoms with Crippen LogP contribution in [0.4, 0.5) is 5.69 Å². The molecule has 0 fully saturated rings. The number of rotatable bonds is 2. The molecule has 0 saturated carbocycles. The van der Waals surface area contributed by atoms with E-state index >= 15 is 0 Å². The van der Waals surface area contributed by atoms with Crippen molar-refractivity contribution >= 4 is 12.0 Å². The van der Waals surface area contributed by atoms with Crippen molar-refractivity contribution in [3.05, 3.63) is 23.8 Å². The summed E-state index contributed by atoms with van der Waals surface area (Å²) in [6.45, 7) is -0.0132. The van der Waals surface area contributed by atoms with Gasteiger partial charge in [-0.2, -0.15) is 0 Å². The summed E-state index contributed by atoms with van der Waals surface area (Å²) in [5, 5.41) is 11.7. The van der Waals surface area contributed by atoms with Crippen LogP contribution in [0.2, 0.25) is 0 Å². The molecule has 1 aromatic carbocycles. The van der Waals surface area contributed by atoms with Crippen LogP contribution >= 0.6 is 0 Å². The third-order valence-corrected chi connectivity index (χ3v) is 1.90. The van der Waals surface area contributed by atoms with Crippen LogP contribution in [0.25, 0.3) is 0 Å². The highest BCUT2D eigenvalue weighted by molar-refractivity contribution is 5.71. The van der Waals surface area contributed by atoms with Gasteiger partial charge < -0.3 is 15.2 Å². The molecule has 2 rings (SSSR count). The van der Waals surface area contributed by atoms with Gasteiger partial charge in [-0.3, -0.25) is 4.79 Å². The Balaban J connectivity index is 2.30. The van der Waals surface area contributed by atoms with Gasteiger partial charge in [0.25, 0.3) is 0 Å². The molecule has 1 atom stereocenters. The first kappa shape index (κ1) is 8.07. The number of aliphatic hydroxyl groups excluding tert-OH is 1. The Bertz CT molecular complexity index is 338. The zero-order valence-corrected chi connectivity index (χ0v) is 6.86. The van der Waals surface area contributed by atoms with Gasteiger partial charge in [0, 0.05) is 0 Å². The number of aliphatic hydroxyl groups is 1. The van der Waals surface area contributed by atoms with Gasteiger partial charge in [-0.05, 0) is 17.7 Å². The standard InChI is InChI=1S/C9H9NO3/c11-4-6-1-2-8-7(3-6)10-9(5-12)13-8/h1-3,5,9-11H,4H2. The normalized spacial score (nSPS) is 18.7. The molecule has 0 spiro atoms. The lowest BCUT2D eigenvalue weighted by Gasteiger charge is -1.99. The maximum Gasteiger partial charge on any atom is 0.226 e. The Labute approximate surface area is 75.1 Å². The first-order valence-corrected chi connectivity index (χ1v) is 3.96. The van der Waals surface area contributed by atoms with Gasteiger partial charge in [-0.1, -0.05) is 6.07 Å². The molecular weight excluding hydrogens is 170 g/mol. The zero-order valence-electron chi connectivity index (χ0n) is 6.86. The number of anilines is 1. The topological polar surface area (TPSA) is 58.6 Å². The van der Waals surface area contributed by atoms with Gasteiger partial charge in [0.1, 0.15) is 5.75 Å². The third-order valence-electron chi connectivity index (χ3n) is 1.90. The van der Waals surface area contributed by atoms with Gasteiger partial charge in [0.05, 0.1) is 12.3 Å². The van der Waals surface area contributed by atoms with Crippen LogP contribution in [0, 0.1) is 0 Å². The Kier molecular flexibility index (Phi) is 1.90. The lowest BCUT2D eigenvalue weighted by molar-refractivity contribution is -0.112. The lowest BCUT2D eigenvalue weighted by atomic mass is 10.2. The van der Waals surface area contributed by atoms with Crippen LogP contribution in [-0.4, -0.2) is 17.6 Å². The van der Waals surface area contributed by atoms with Crippen molar-refractivity contribution in [3.63, 3.8) is 0 Å². The molecule has 1 aliphatic rings. The van der Waals surface area contributed by atoms with Crippen molar-refractivity contribution in [1.82, 2.24) is 0 Å². The van der Waals surface area contributed by atoms with E-state index in [0.717, 1.165) is 11.3 Å². The summed E-state index contributed by atoms with van der Waals surface area (Å²) in [4.78, 5) is 10.4. The second-order valence-corrected chi connectivity index (χ2v) is 2.81. The molecule has 68 valence electrons. The summed E-state index contributed by atoms with van der Waals surface area (Å²) < 4.78 is 5.19. The predicted octanol–water partition coefficient (Wildman–Crippen LogP) is 0.508. The summed E-state index contributed by atoms with van der Waals surface area (Å²) in [7, 11) is 0. The van der Waals surface area contributed by atoms with Gasteiger partial charge in [-0.15, -0.1) is 0 Å². The Morgan fingerprint density at radius 2 is 2.46 bits per heavy atom. The number of carbonyl (C=O) groups excluding carboxylic acids is 1. The average molecular weight is 179 g/mol. The van der Waals surface area contributed by atoms with Gasteiger partial charge in [-0.25, -0.2) is 0 Å². The number of nitrogens with one attached hydrogen (secondary N) is 1. The highest BCUT2D eigenvalue weighted by Crippen LogP contribution is 2.31. The van der Waals surface area contributed by atoms with E-state index in [1.54, 1.807) is 18.2 Å². The van der Waals surface area contributed by atoms with E-state index in [2.05, 4.69) is 5.32 Å². The molecule has 1 unspecified atom stereocenters. The van der Waals surface area contributed by atoms with Crippen LogP contribution < -0.4 is 10.1 Å². The Morgan fingerprint density at radius 1 is 1.62 bits per heavy atom. The highest BCUT2D eigenvalue weighted by atomic mass is 16.5. The minimum atomic E-state index is -0.594. The first-order chi connectivity index (χ1) is 6.33. The van der Waals surface area contributed by atoms with Crippen molar-refractivity contribution in [2.24, 2.45) is 0 Å². The van der Waals surface area contributed by atoms with Crippen molar-refractivity contribution < 1.29 is 14.6 Å². The van der Waals surface area contributed by atoms with Gasteiger partial charge in [0.2, 0.25) is 6.23 Å². The van der Waals surface area contributed by atoms with Crippen molar-refractivity contribution in [3.8, 4) is 5.75 Å². The van der Waals surface area contributed by atoms with Crippen LogP contribution in [0.3, 0.4) is 0 Å². The van der Waals surface area contributed by atoms with Crippen LogP contribution in [0.15, 0.2) is 18.2 Å². The number of ether oxygens (including phenoxy) is 1. The molecule has 13 heavy (non-hydrogen) atoms. The second kappa shape index (κ2) is 3.06. The van der Waals surface area contributed by atoms with E-state index < -0.39 is 6.23 Å². The number of fused-ring (bicyclic) bond motifs is 1. The molecule has 0 saturated heterocycles. The van der Waals surface area contributed by atoms with Crippen LogP contribution in [0.1, 0.15) is 5.56 Å². The molecule has 1 aliphatic heterocycles. The SMILES string of the molecule is O=CC1Nc2cc(CO)ccc2O1. The maximum atomic E-state index is 10.4. The fraction of sp³-hybridized carbons (Fsp3) is 0.222. The van der Waals surface area contributed by atoms with Gasteiger partial charge in [0.15, 0.2) is 6.29 Å². The summed E-state index contributed by atoms with van der Waals surface area (Å²) in [6.07, 6.45) is 0.0995. The zero-order chi connectivity index (χ0) is 9.26. The quantitative estimate of drug-likeness (QED) is 0.649. The van der Waals surface area contributed by atoms with Crippen molar-refractivity contribution in [2.45, 2.75) is 12.8 Å². The minimum Gasteiger partial charge on any atom is -0.461 e. The van der Waals surface area contributed by atoms with Gasteiger partial charge >= 0.3 is 0 Å². The fourth-order valence-corrected chi connectivity index (χ4v) is 1.27. The number of benzene rings is 1. The van der Waals surface area contributed by atoms with Crippen LogP contribution in [0.5, 0.6) is 5.75 Å². The molecule has 2 N–H and O–H groups in total. The molecule has 0 aliphatic carbocycles. The van der Waals surface area contributed by atoms with E-state index in [4.69, 9.17) is 9.84 Å². The molecular formula is C9H9NO3. The molecule has 0 bridgehead atoms. The summed E-state index contributed by atoms with van der Waals surface area (Å²) in [5.74, 6) is 0.648.